The molecular formula is C35H48B2N13OSm. The van der Waals surface area contributed by atoms with E-state index in [0.717, 1.165) is 68.3 Å². The molecule has 271 valence electrons. The zero-order valence-electron chi connectivity index (χ0n) is 32.3. The van der Waals surface area contributed by atoms with Crippen molar-refractivity contribution in [3.63, 3.8) is 0 Å². The van der Waals surface area contributed by atoms with Gasteiger partial charge in [0.1, 0.15) is 0 Å². The Labute approximate surface area is 338 Å². The molecule has 0 N–H and O–H groups in total. The van der Waals surface area contributed by atoms with Gasteiger partial charge in [0.05, 0.1) is 34.2 Å². The van der Waals surface area contributed by atoms with Crippen LogP contribution in [0.1, 0.15) is 68.3 Å². The van der Waals surface area contributed by atoms with Gasteiger partial charge in [-0.2, -0.15) is 0 Å². The first-order chi connectivity index (χ1) is 24.1. The number of nitrogens with zero attached hydrogens (tertiary/aromatic N) is 13. The molecule has 52 heavy (non-hydrogen) atoms. The van der Waals surface area contributed by atoms with Gasteiger partial charge in [0, 0.05) is 6.20 Å². The van der Waals surface area contributed by atoms with E-state index >= 15 is 0 Å². The number of aromatic nitrogens is 13. The Bertz CT molecular complexity index is 1880. The van der Waals surface area contributed by atoms with E-state index in [0.29, 0.717) is 0 Å². The third-order valence-electron chi connectivity index (χ3n) is 8.87. The topological polar surface area (TPSA) is 143 Å². The molecule has 1 radical (unpaired) electrons. The standard InChI is InChI=1S/2C15H22BN6.C5H5NO.Sm/c2*1-10-7-13(4)20(17-10)16(21-14(5)8-11(2)18-21)22-15(6)9-12(3)19-22;7-5-3-1-2-4-6-5;/h2*7-9,16H,1-6H3;1-4H,(H,6,7);/q2*-1;;+3/p-1. The van der Waals surface area contributed by atoms with E-state index in [1.807, 2.05) is 41.5 Å². The zero-order valence-corrected chi connectivity index (χ0v) is 34.9. The average Bonchev–Trinajstić information content (AvgIpc) is 3.88. The minimum absolute atomic E-state index is 0. The Hall–Kier alpha value is -4.32. The van der Waals surface area contributed by atoms with Gasteiger partial charge in [0.25, 0.3) is 0 Å². The Morgan fingerprint density at radius 3 is 0.750 bits per heavy atom. The maximum absolute atomic E-state index is 10.2. The molecule has 0 aromatic carbocycles. The molecule has 0 aliphatic heterocycles. The van der Waals surface area contributed by atoms with E-state index < -0.39 is 14.2 Å². The molecular weight excluding hydrogens is 790 g/mol. The number of rotatable bonds is 6. The second-order valence-corrected chi connectivity index (χ2v) is 13.6. The molecule has 7 heterocycles. The van der Waals surface area contributed by atoms with Gasteiger partial charge in [-0.25, -0.2) is 30.6 Å². The summed E-state index contributed by atoms with van der Waals surface area (Å²) in [7, 11) is -2.52. The summed E-state index contributed by atoms with van der Waals surface area (Å²) in [4.78, 5) is 3.42. The van der Waals surface area contributed by atoms with Crippen molar-refractivity contribution in [3.8, 4) is 5.88 Å². The minimum Gasteiger partial charge on any atom is -0.859 e. The number of aryl methyl sites for hydroxylation is 12. The summed E-state index contributed by atoms with van der Waals surface area (Å²) in [6.07, 6.45) is 1.47. The molecule has 7 aromatic heterocycles. The molecule has 7 rings (SSSR count). The fourth-order valence-electron chi connectivity index (χ4n) is 6.88. The molecule has 7 aromatic rings. The molecule has 0 fully saturated rings. The number of pyridine rings is 1. The fourth-order valence-corrected chi connectivity index (χ4v) is 6.88. The van der Waals surface area contributed by atoms with Crippen LogP contribution in [-0.2, 0) is 0 Å². The van der Waals surface area contributed by atoms with Gasteiger partial charge in [-0.05, 0) is 166 Å². The zero-order chi connectivity index (χ0) is 37.1. The summed E-state index contributed by atoms with van der Waals surface area (Å²) in [5.41, 5.74) is 12.8. The SMILES string of the molecule is Cc1cc(C)n([BH-](n2nc(C)cc2C)n2nc(C)cc2C)n1.Cc1cc(C)n([BH-](n2nc(C)cc2C)n2nc(C)cc2C)n1.[O-]c1ccccn1.[Sm+3]. The van der Waals surface area contributed by atoms with E-state index in [2.05, 4.69) is 110 Å². The Kier molecular flexibility index (Phi) is 13.2. The molecule has 0 bridgehead atoms. The average molecular weight is 839 g/mol. The predicted molar refractivity (Wildman–Crippen MR) is 201 cm³/mol. The Balaban J connectivity index is 0.000000193. The first-order valence-electron chi connectivity index (χ1n) is 17.2. The van der Waals surface area contributed by atoms with Crippen molar-refractivity contribution in [2.24, 2.45) is 0 Å². The van der Waals surface area contributed by atoms with Crippen molar-refractivity contribution in [3.05, 3.63) is 129 Å². The van der Waals surface area contributed by atoms with Crippen LogP contribution in [0.15, 0.2) is 60.8 Å². The van der Waals surface area contributed by atoms with Crippen LogP contribution in [0, 0.1) is 123 Å². The van der Waals surface area contributed by atoms with E-state index in [9.17, 15) is 5.11 Å². The molecule has 14 nitrogen and oxygen atoms in total. The van der Waals surface area contributed by atoms with Crippen molar-refractivity contribution in [1.29, 1.82) is 0 Å². The maximum Gasteiger partial charge on any atom is 3.00 e. The van der Waals surface area contributed by atoms with Crippen LogP contribution < -0.4 is 5.11 Å². The van der Waals surface area contributed by atoms with E-state index in [1.165, 1.54) is 12.3 Å². The molecule has 0 atom stereocenters. The molecule has 0 saturated carbocycles. The van der Waals surface area contributed by atoms with Crippen LogP contribution in [0.3, 0.4) is 0 Å². The van der Waals surface area contributed by atoms with Crippen molar-refractivity contribution in [2.45, 2.75) is 83.1 Å². The second kappa shape index (κ2) is 17.0. The summed E-state index contributed by atoms with van der Waals surface area (Å²) in [5, 5.41) is 38.3. The van der Waals surface area contributed by atoms with Gasteiger partial charge >= 0.3 is 54.6 Å². The summed E-state index contributed by atoms with van der Waals surface area (Å²) in [6, 6.07) is 17.4. The third-order valence-corrected chi connectivity index (χ3v) is 8.87. The van der Waals surface area contributed by atoms with Gasteiger partial charge < -0.3 is 32.7 Å². The van der Waals surface area contributed by atoms with Crippen molar-refractivity contribution < 1.29 is 45.5 Å². The predicted octanol–water partition coefficient (Wildman–Crippen LogP) is 3.73. The second-order valence-electron chi connectivity index (χ2n) is 13.6. The molecule has 0 aliphatic carbocycles. The van der Waals surface area contributed by atoms with Crippen molar-refractivity contribution in [1.82, 2.24) is 63.1 Å². The summed E-state index contributed by atoms with van der Waals surface area (Å²) in [5.74, 6) is -0.178. The van der Waals surface area contributed by atoms with Gasteiger partial charge in [0.15, 0.2) is 0 Å². The summed E-state index contributed by atoms with van der Waals surface area (Å²) >= 11 is 0. The number of hydrogen-bond acceptors (Lipinski definition) is 8. The minimum atomic E-state index is -1.26. The van der Waals surface area contributed by atoms with Gasteiger partial charge in [-0.15, -0.1) is 0 Å². The molecule has 0 spiro atoms. The normalized spacial score (nSPS) is 11.0. The summed E-state index contributed by atoms with van der Waals surface area (Å²) in [6.45, 7) is 24.6. The maximum atomic E-state index is 10.2. The van der Waals surface area contributed by atoms with Crippen LogP contribution in [-0.4, -0.2) is 77.4 Å². The first kappa shape index (κ1) is 40.4. The van der Waals surface area contributed by atoms with Crippen LogP contribution in [0.4, 0.5) is 0 Å². The van der Waals surface area contributed by atoms with Gasteiger partial charge in [-0.3, -0.25) is 4.98 Å². The molecule has 0 unspecified atom stereocenters. The Morgan fingerprint density at radius 2 is 0.635 bits per heavy atom. The van der Waals surface area contributed by atoms with Crippen LogP contribution >= 0.6 is 0 Å². The van der Waals surface area contributed by atoms with E-state index in [1.54, 1.807) is 12.1 Å². The molecule has 0 amide bonds. The number of hydrogen-bond donors (Lipinski definition) is 0. The van der Waals surface area contributed by atoms with E-state index in [4.69, 9.17) is 30.6 Å². The van der Waals surface area contributed by atoms with Crippen molar-refractivity contribution >= 4 is 14.2 Å². The molecule has 0 saturated heterocycles. The molecule has 0 aliphatic rings. The monoisotopic (exact) mass is 840 g/mol. The van der Waals surface area contributed by atoms with E-state index in [-0.39, 0.29) is 46.3 Å². The smallest absolute Gasteiger partial charge is 0.859 e. The van der Waals surface area contributed by atoms with Crippen molar-refractivity contribution in [2.75, 3.05) is 0 Å². The quantitative estimate of drug-likeness (QED) is 0.231. The molecule has 17 heteroatoms. The van der Waals surface area contributed by atoms with Crippen LogP contribution in [0.25, 0.3) is 0 Å². The largest absolute Gasteiger partial charge is 3.00 e. The third kappa shape index (κ3) is 9.18. The fraction of sp³-hybridized carbons (Fsp3) is 0.343. The van der Waals surface area contributed by atoms with Gasteiger partial charge in [0.2, 0.25) is 0 Å². The van der Waals surface area contributed by atoms with Crippen LogP contribution in [0.5, 0.6) is 5.88 Å². The first-order valence-corrected chi connectivity index (χ1v) is 17.2. The van der Waals surface area contributed by atoms with Crippen LogP contribution in [0.2, 0.25) is 0 Å². The summed E-state index contributed by atoms with van der Waals surface area (Å²) < 4.78 is 12.4. The Morgan fingerprint density at radius 1 is 0.404 bits per heavy atom. The van der Waals surface area contributed by atoms with Gasteiger partial charge in [-0.1, -0.05) is 12.1 Å².